The van der Waals surface area contributed by atoms with Gasteiger partial charge in [-0.2, -0.15) is 0 Å². The summed E-state index contributed by atoms with van der Waals surface area (Å²) in [4.78, 5) is 26.8. The Balaban J connectivity index is 0.000000704. The van der Waals surface area contributed by atoms with Crippen LogP contribution in [-0.2, 0) is 26.4 Å². The zero-order valence-corrected chi connectivity index (χ0v) is 25.5. The normalized spacial score (nSPS) is 10.2. The fraction of sp³-hybridized carbons (Fsp3) is 0.0556. The number of phenols is 2. The van der Waals surface area contributed by atoms with Crippen molar-refractivity contribution >= 4 is 35.7 Å². The van der Waals surface area contributed by atoms with Gasteiger partial charge in [0.15, 0.2) is 0 Å². The molecule has 0 aromatic heterocycles. The molecule has 0 amide bonds. The number of carboxylic acid groups (broad SMARTS) is 2. The fourth-order valence-electron chi connectivity index (χ4n) is 3.85. The number of rotatable bonds is 6. The quantitative estimate of drug-likeness (QED) is 0.235. The second-order valence-electron chi connectivity index (χ2n) is 9.30. The molecule has 0 aliphatic rings. The number of benzene rings is 5. The predicted octanol–water partition coefficient (Wildman–Crippen LogP) is 5.44. The van der Waals surface area contributed by atoms with E-state index in [4.69, 9.17) is 19.8 Å². The zero-order valence-electron chi connectivity index (χ0n) is 24.5. The summed E-state index contributed by atoms with van der Waals surface area (Å²) in [7, 11) is 0. The van der Waals surface area contributed by atoms with Crippen LogP contribution in [0.5, 0.6) is 11.5 Å². The van der Waals surface area contributed by atoms with Crippen LogP contribution < -0.4 is 10.2 Å². The van der Waals surface area contributed by atoms with Gasteiger partial charge in [0.25, 0.3) is 0 Å². The van der Waals surface area contributed by atoms with Crippen molar-refractivity contribution in [2.45, 2.75) is 13.8 Å². The second kappa shape index (κ2) is 18.2. The monoisotopic (exact) mass is 645 g/mol. The van der Waals surface area contributed by atoms with Crippen LogP contribution in [0.4, 0.5) is 11.4 Å². The van der Waals surface area contributed by atoms with Gasteiger partial charge in [0.05, 0.1) is 11.4 Å². The first kappa shape index (κ1) is 35.7. The van der Waals surface area contributed by atoms with Crippen molar-refractivity contribution in [3.8, 4) is 33.8 Å². The van der Waals surface area contributed by atoms with E-state index in [1.807, 2.05) is 109 Å². The molecule has 229 valence electrons. The van der Waals surface area contributed by atoms with Gasteiger partial charge in [-0.25, -0.2) is 0 Å². The number of aliphatic imine (C=N–C) groups is 2. The summed E-state index contributed by atoms with van der Waals surface area (Å²) < 4.78 is 0. The summed E-state index contributed by atoms with van der Waals surface area (Å²) in [5, 5.41) is 38.3. The number of hydrogen-bond donors (Lipinski definition) is 2. The Kier molecular flexibility index (Phi) is 14.4. The molecule has 0 fully saturated rings. The van der Waals surface area contributed by atoms with E-state index in [1.54, 1.807) is 24.6 Å². The number of nitrogens with zero attached hydrogens (tertiary/aromatic N) is 2. The average molecular weight is 646 g/mol. The fourth-order valence-corrected chi connectivity index (χ4v) is 3.85. The van der Waals surface area contributed by atoms with Gasteiger partial charge in [-0.05, 0) is 84.6 Å². The van der Waals surface area contributed by atoms with Crippen molar-refractivity contribution in [3.05, 3.63) is 132 Å². The standard InChI is InChI=1S/C32H24N2O2.2C2H4O2.Co/c35-31-17-11-25(23-7-3-1-4-8-23)19-27(31)21-33-29-13-15-30(16-14-29)34-22-28-20-26(12-18-32(28)36)24-9-5-2-6-10-24;2*1-2(3)4;/h1-22,35-36H;2*1H3,(H,3,4);/q;;;+2/p-2. The Morgan fingerprint density at radius 3 is 1.16 bits per heavy atom. The Morgan fingerprint density at radius 2 is 0.844 bits per heavy atom. The predicted molar refractivity (Wildman–Crippen MR) is 169 cm³/mol. The maximum Gasteiger partial charge on any atom is 2.00 e. The maximum atomic E-state index is 10.3. The third kappa shape index (κ3) is 12.3. The number of aliphatic carboxylic acids is 2. The minimum absolute atomic E-state index is 0. The van der Waals surface area contributed by atoms with E-state index in [0.717, 1.165) is 47.5 Å². The molecule has 0 aliphatic heterocycles. The maximum absolute atomic E-state index is 10.3. The molecule has 0 saturated heterocycles. The number of carbonyl (C=O) groups excluding carboxylic acids is 2. The van der Waals surface area contributed by atoms with Crippen LogP contribution >= 0.6 is 0 Å². The van der Waals surface area contributed by atoms with E-state index >= 15 is 0 Å². The topological polar surface area (TPSA) is 145 Å². The molecular weight excluding hydrogens is 615 g/mol. The molecule has 5 aromatic rings. The first-order valence-corrected chi connectivity index (χ1v) is 13.4. The van der Waals surface area contributed by atoms with E-state index in [-0.39, 0.29) is 28.3 Å². The van der Waals surface area contributed by atoms with Crippen molar-refractivity contribution in [1.29, 1.82) is 0 Å². The van der Waals surface area contributed by atoms with Gasteiger partial charge in [-0.1, -0.05) is 72.8 Å². The van der Waals surface area contributed by atoms with Gasteiger partial charge >= 0.3 is 16.8 Å². The van der Waals surface area contributed by atoms with Crippen LogP contribution in [0, 0.1) is 0 Å². The van der Waals surface area contributed by atoms with Crippen LogP contribution in [0.25, 0.3) is 22.3 Å². The second-order valence-corrected chi connectivity index (χ2v) is 9.30. The molecule has 0 unspecified atom stereocenters. The largest absolute Gasteiger partial charge is 2.00 e. The van der Waals surface area contributed by atoms with Crippen LogP contribution in [-0.4, -0.2) is 34.6 Å². The van der Waals surface area contributed by atoms with Crippen LogP contribution in [0.2, 0.25) is 0 Å². The molecule has 0 atom stereocenters. The number of carboxylic acids is 2. The molecule has 45 heavy (non-hydrogen) atoms. The zero-order chi connectivity index (χ0) is 31.9. The summed E-state index contributed by atoms with van der Waals surface area (Å²) in [6.07, 6.45) is 3.32. The SMILES string of the molecule is CC(=O)[O-].CC(=O)[O-].Oc1ccc(-c2ccccc2)cc1C=Nc1ccc(N=Cc2cc(-c3ccccc3)ccc2O)cc1.[Co+2]. The van der Waals surface area contributed by atoms with Crippen molar-refractivity contribution < 1.29 is 46.8 Å². The van der Waals surface area contributed by atoms with Crippen LogP contribution in [0.15, 0.2) is 131 Å². The minimum atomic E-state index is -1.08. The molecule has 9 heteroatoms. The Bertz CT molecular complexity index is 1600. The first-order chi connectivity index (χ1) is 21.1. The molecule has 0 heterocycles. The smallest absolute Gasteiger partial charge is 0.550 e. The number of carbonyl (C=O) groups is 2. The third-order valence-electron chi connectivity index (χ3n) is 5.82. The molecule has 0 saturated carbocycles. The molecule has 5 aromatic carbocycles. The van der Waals surface area contributed by atoms with E-state index < -0.39 is 11.9 Å². The van der Waals surface area contributed by atoms with Crippen LogP contribution in [0.1, 0.15) is 25.0 Å². The van der Waals surface area contributed by atoms with Gasteiger partial charge in [0, 0.05) is 35.5 Å². The summed E-state index contributed by atoms with van der Waals surface area (Å²) in [6.45, 7) is 1.94. The van der Waals surface area contributed by atoms with Gasteiger partial charge in [-0.3, -0.25) is 9.98 Å². The summed E-state index contributed by atoms with van der Waals surface area (Å²) in [5.41, 5.74) is 6.96. The Morgan fingerprint density at radius 1 is 0.533 bits per heavy atom. The summed E-state index contributed by atoms with van der Waals surface area (Å²) >= 11 is 0. The molecule has 0 aliphatic carbocycles. The number of aromatic hydroxyl groups is 2. The van der Waals surface area contributed by atoms with Gasteiger partial charge in [-0.15, -0.1) is 0 Å². The molecule has 5 rings (SSSR count). The van der Waals surface area contributed by atoms with Crippen LogP contribution in [0.3, 0.4) is 0 Å². The third-order valence-corrected chi connectivity index (χ3v) is 5.82. The number of hydrogen-bond acceptors (Lipinski definition) is 8. The van der Waals surface area contributed by atoms with E-state index in [1.165, 1.54) is 0 Å². The Labute approximate surface area is 271 Å². The van der Waals surface area contributed by atoms with Crippen molar-refractivity contribution in [2.75, 3.05) is 0 Å². The average Bonchev–Trinajstić information content (AvgIpc) is 3.01. The number of phenolic OH excluding ortho intramolecular Hbond substituents is 2. The molecular formula is C36H30CoN2O6. The van der Waals surface area contributed by atoms with E-state index in [0.29, 0.717) is 11.1 Å². The molecule has 8 nitrogen and oxygen atoms in total. The van der Waals surface area contributed by atoms with Gasteiger partial charge in [0.1, 0.15) is 11.5 Å². The van der Waals surface area contributed by atoms with Gasteiger partial charge < -0.3 is 30.0 Å². The van der Waals surface area contributed by atoms with Crippen molar-refractivity contribution in [1.82, 2.24) is 0 Å². The summed E-state index contributed by atoms with van der Waals surface area (Å²) in [6, 6.07) is 38.5. The molecule has 0 spiro atoms. The van der Waals surface area contributed by atoms with Crippen molar-refractivity contribution in [3.63, 3.8) is 0 Å². The first-order valence-electron chi connectivity index (χ1n) is 13.4. The van der Waals surface area contributed by atoms with Gasteiger partial charge in [0.2, 0.25) is 0 Å². The van der Waals surface area contributed by atoms with E-state index in [2.05, 4.69) is 9.98 Å². The molecule has 2 N–H and O–H groups in total. The molecule has 0 bridgehead atoms. The minimum Gasteiger partial charge on any atom is -0.550 e. The Hall–Kier alpha value is -5.51. The van der Waals surface area contributed by atoms with Crippen molar-refractivity contribution in [2.24, 2.45) is 9.98 Å². The molecule has 1 radical (unpaired) electrons. The summed E-state index contributed by atoms with van der Waals surface area (Å²) in [5.74, 6) is -1.81. The van der Waals surface area contributed by atoms with E-state index in [9.17, 15) is 10.2 Å².